The second-order valence-electron chi connectivity index (χ2n) is 4.33. The molecule has 1 aliphatic heterocycles. The first-order chi connectivity index (χ1) is 8.33. The van der Waals surface area contributed by atoms with E-state index in [2.05, 4.69) is 10.3 Å². The maximum absolute atomic E-state index is 9.55. The highest BCUT2D eigenvalue weighted by Gasteiger charge is 2.13. The van der Waals surface area contributed by atoms with Crippen molar-refractivity contribution in [3.8, 4) is 5.75 Å². The smallest absolute Gasteiger partial charge is 0.116 e. The molecule has 2 heterocycles. The van der Waals surface area contributed by atoms with Gasteiger partial charge in [-0.15, -0.1) is 11.3 Å². The van der Waals surface area contributed by atoms with Crippen LogP contribution in [0.3, 0.4) is 0 Å². The number of nitrogens with zero attached hydrogens (tertiary/aromatic N) is 1. The van der Waals surface area contributed by atoms with E-state index in [4.69, 9.17) is 4.74 Å². The molecule has 0 spiro atoms. The van der Waals surface area contributed by atoms with E-state index in [1.807, 2.05) is 12.1 Å². The first-order valence-electron chi connectivity index (χ1n) is 5.82. The van der Waals surface area contributed by atoms with Gasteiger partial charge in [0.25, 0.3) is 0 Å². The molecule has 0 bridgehead atoms. The van der Waals surface area contributed by atoms with Crippen LogP contribution in [0.2, 0.25) is 0 Å². The third-order valence-corrected chi connectivity index (χ3v) is 4.15. The van der Waals surface area contributed by atoms with Crippen LogP contribution in [-0.4, -0.2) is 36.3 Å². The van der Waals surface area contributed by atoms with E-state index in [0.717, 1.165) is 32.8 Å². The molecule has 1 aromatic carbocycles. The molecule has 0 radical (unpaired) electrons. The minimum Gasteiger partial charge on any atom is -0.508 e. The summed E-state index contributed by atoms with van der Waals surface area (Å²) >= 11 is 1.74. The Balaban J connectivity index is 1.86. The zero-order valence-electron chi connectivity index (χ0n) is 9.56. The Morgan fingerprint density at radius 3 is 2.94 bits per heavy atom. The van der Waals surface area contributed by atoms with Gasteiger partial charge in [-0.05, 0) is 29.1 Å². The lowest BCUT2D eigenvalue weighted by Crippen LogP contribution is -2.35. The number of benzene rings is 1. The fraction of sp³-hybridized carbons (Fsp3) is 0.385. The van der Waals surface area contributed by atoms with Crippen molar-refractivity contribution in [1.82, 2.24) is 4.90 Å². The van der Waals surface area contributed by atoms with Crippen LogP contribution >= 0.6 is 11.3 Å². The minimum absolute atomic E-state index is 0.346. The van der Waals surface area contributed by atoms with E-state index >= 15 is 0 Å². The summed E-state index contributed by atoms with van der Waals surface area (Å²) in [7, 11) is 0. The van der Waals surface area contributed by atoms with E-state index in [1.165, 1.54) is 15.6 Å². The van der Waals surface area contributed by atoms with Gasteiger partial charge in [-0.1, -0.05) is 0 Å². The molecule has 0 amide bonds. The van der Waals surface area contributed by atoms with Gasteiger partial charge in [0, 0.05) is 29.7 Å². The van der Waals surface area contributed by atoms with Gasteiger partial charge in [0.05, 0.1) is 13.2 Å². The second kappa shape index (κ2) is 4.64. The number of aromatic hydroxyl groups is 1. The highest BCUT2D eigenvalue weighted by molar-refractivity contribution is 7.17. The molecule has 1 saturated heterocycles. The van der Waals surface area contributed by atoms with Crippen molar-refractivity contribution < 1.29 is 9.84 Å². The lowest BCUT2D eigenvalue weighted by Gasteiger charge is -2.26. The largest absolute Gasteiger partial charge is 0.508 e. The maximum atomic E-state index is 9.55. The molecule has 1 fully saturated rings. The van der Waals surface area contributed by atoms with Crippen LogP contribution in [0.4, 0.5) is 0 Å². The summed E-state index contributed by atoms with van der Waals surface area (Å²) in [6.45, 7) is 4.60. The lowest BCUT2D eigenvalue weighted by molar-refractivity contribution is 0.0344. The summed E-state index contributed by atoms with van der Waals surface area (Å²) in [5, 5.41) is 12.9. The molecule has 0 saturated carbocycles. The highest BCUT2D eigenvalue weighted by Crippen LogP contribution is 2.30. The number of fused-ring (bicyclic) bond motifs is 1. The summed E-state index contributed by atoms with van der Waals surface area (Å²) in [4.78, 5) is 2.40. The van der Waals surface area contributed by atoms with Gasteiger partial charge < -0.3 is 9.84 Å². The molecule has 0 atom stereocenters. The molecule has 90 valence electrons. The third kappa shape index (κ3) is 2.29. The van der Waals surface area contributed by atoms with Gasteiger partial charge in [-0.2, -0.15) is 0 Å². The van der Waals surface area contributed by atoms with Gasteiger partial charge in [0.15, 0.2) is 0 Å². The summed E-state index contributed by atoms with van der Waals surface area (Å²) in [6.07, 6.45) is 0. The standard InChI is InChI=1S/C13H15NO2S/c15-11-1-2-13-12(7-11)10(9-17-13)8-14-3-5-16-6-4-14/h1-2,7,9,15H,3-6,8H2. The Bertz CT molecular complexity index is 517. The predicted molar refractivity (Wildman–Crippen MR) is 69.6 cm³/mol. The molecule has 2 aromatic rings. The number of thiophene rings is 1. The van der Waals surface area contributed by atoms with Crippen LogP contribution in [0.15, 0.2) is 23.6 Å². The fourth-order valence-corrected chi connectivity index (χ4v) is 3.13. The molecule has 3 rings (SSSR count). The molecule has 4 heteroatoms. The van der Waals surface area contributed by atoms with E-state index in [1.54, 1.807) is 17.4 Å². The summed E-state index contributed by atoms with van der Waals surface area (Å²) in [5.41, 5.74) is 1.31. The van der Waals surface area contributed by atoms with Crippen molar-refractivity contribution in [3.05, 3.63) is 29.1 Å². The predicted octanol–water partition coefficient (Wildman–Crippen LogP) is 2.44. The summed E-state index contributed by atoms with van der Waals surface area (Å²) in [6, 6.07) is 5.59. The molecule has 1 aromatic heterocycles. The zero-order chi connectivity index (χ0) is 11.7. The van der Waals surface area contributed by atoms with Crippen molar-refractivity contribution in [3.63, 3.8) is 0 Å². The number of morpholine rings is 1. The van der Waals surface area contributed by atoms with E-state index in [9.17, 15) is 5.11 Å². The quantitative estimate of drug-likeness (QED) is 0.887. The number of phenols is 1. The van der Waals surface area contributed by atoms with Crippen molar-refractivity contribution in [2.45, 2.75) is 6.54 Å². The van der Waals surface area contributed by atoms with Crippen molar-refractivity contribution in [2.24, 2.45) is 0 Å². The number of rotatable bonds is 2. The van der Waals surface area contributed by atoms with Crippen LogP contribution in [0.1, 0.15) is 5.56 Å². The van der Waals surface area contributed by atoms with Crippen LogP contribution < -0.4 is 0 Å². The Hall–Kier alpha value is -1.10. The maximum Gasteiger partial charge on any atom is 0.116 e. The monoisotopic (exact) mass is 249 g/mol. The molecule has 0 unspecified atom stereocenters. The van der Waals surface area contributed by atoms with Crippen LogP contribution in [0, 0.1) is 0 Å². The number of hydrogen-bond acceptors (Lipinski definition) is 4. The highest BCUT2D eigenvalue weighted by atomic mass is 32.1. The number of phenolic OH excluding ortho intramolecular Hbond substituents is 1. The third-order valence-electron chi connectivity index (χ3n) is 3.13. The zero-order valence-corrected chi connectivity index (χ0v) is 10.4. The fourth-order valence-electron chi connectivity index (χ4n) is 2.19. The first kappa shape index (κ1) is 11.0. The molecule has 1 aliphatic rings. The lowest BCUT2D eigenvalue weighted by atomic mass is 10.1. The van der Waals surface area contributed by atoms with Gasteiger partial charge in [-0.3, -0.25) is 4.90 Å². The molecule has 17 heavy (non-hydrogen) atoms. The van der Waals surface area contributed by atoms with Crippen LogP contribution in [0.5, 0.6) is 5.75 Å². The average molecular weight is 249 g/mol. The van der Waals surface area contributed by atoms with Gasteiger partial charge in [0.1, 0.15) is 5.75 Å². The van der Waals surface area contributed by atoms with Crippen LogP contribution in [0.25, 0.3) is 10.1 Å². The Morgan fingerprint density at radius 2 is 2.12 bits per heavy atom. The second-order valence-corrected chi connectivity index (χ2v) is 5.24. The Morgan fingerprint density at radius 1 is 1.29 bits per heavy atom. The molecule has 1 N–H and O–H groups in total. The summed E-state index contributed by atoms with van der Waals surface area (Å²) in [5.74, 6) is 0.346. The number of hydrogen-bond donors (Lipinski definition) is 1. The number of ether oxygens (including phenoxy) is 1. The van der Waals surface area contributed by atoms with Gasteiger partial charge in [-0.25, -0.2) is 0 Å². The SMILES string of the molecule is Oc1ccc2scc(CN3CCOCC3)c2c1. The summed E-state index contributed by atoms with van der Waals surface area (Å²) < 4.78 is 6.59. The van der Waals surface area contributed by atoms with E-state index in [-0.39, 0.29) is 0 Å². The molecular formula is C13H15NO2S. The molecular weight excluding hydrogens is 234 g/mol. The van der Waals surface area contributed by atoms with Crippen molar-refractivity contribution in [2.75, 3.05) is 26.3 Å². The van der Waals surface area contributed by atoms with Gasteiger partial charge in [0.2, 0.25) is 0 Å². The molecule has 3 nitrogen and oxygen atoms in total. The Labute approximate surface area is 104 Å². The van der Waals surface area contributed by atoms with E-state index in [0.29, 0.717) is 5.75 Å². The van der Waals surface area contributed by atoms with E-state index < -0.39 is 0 Å². The molecule has 0 aliphatic carbocycles. The van der Waals surface area contributed by atoms with Gasteiger partial charge >= 0.3 is 0 Å². The minimum atomic E-state index is 0.346. The average Bonchev–Trinajstić information content (AvgIpc) is 2.73. The van der Waals surface area contributed by atoms with Crippen LogP contribution in [-0.2, 0) is 11.3 Å². The van der Waals surface area contributed by atoms with Crippen molar-refractivity contribution >= 4 is 21.4 Å². The topological polar surface area (TPSA) is 32.7 Å². The Kier molecular flexibility index (Phi) is 3.01. The first-order valence-corrected chi connectivity index (χ1v) is 6.70. The van der Waals surface area contributed by atoms with Crippen molar-refractivity contribution in [1.29, 1.82) is 0 Å². The normalized spacial score (nSPS) is 17.6.